The fourth-order valence-electron chi connectivity index (χ4n) is 5.08. The van der Waals surface area contributed by atoms with E-state index in [4.69, 9.17) is 18.6 Å². The Kier molecular flexibility index (Phi) is 8.24. The Balaban J connectivity index is 1.30. The van der Waals surface area contributed by atoms with Gasteiger partial charge in [-0.05, 0) is 66.9 Å². The van der Waals surface area contributed by atoms with Crippen LogP contribution in [-0.2, 0) is 11.4 Å². The highest BCUT2D eigenvalue weighted by molar-refractivity contribution is 5.73. The zero-order chi connectivity index (χ0) is 28.9. The Bertz CT molecular complexity index is 1500. The molecule has 0 saturated carbocycles. The van der Waals surface area contributed by atoms with Gasteiger partial charge in [-0.25, -0.2) is 9.78 Å². The van der Waals surface area contributed by atoms with Crippen LogP contribution in [0, 0.1) is 18.8 Å². The average Bonchev–Trinajstić information content (AvgIpc) is 3.61. The van der Waals surface area contributed by atoms with Gasteiger partial charge in [-0.2, -0.15) is 0 Å². The summed E-state index contributed by atoms with van der Waals surface area (Å²) in [6.45, 7) is 4.33. The van der Waals surface area contributed by atoms with Crippen LogP contribution in [0.25, 0.3) is 11.5 Å². The number of oxazole rings is 1. The number of aromatic nitrogens is 1. The molecule has 3 aromatic carbocycles. The molecule has 9 heteroatoms. The zero-order valence-electron chi connectivity index (χ0n) is 23.2. The van der Waals surface area contributed by atoms with Gasteiger partial charge in [0, 0.05) is 24.6 Å². The van der Waals surface area contributed by atoms with Crippen molar-refractivity contribution in [3.05, 3.63) is 95.9 Å². The maximum Gasteiger partial charge on any atom is 0.415 e. The van der Waals surface area contributed by atoms with Gasteiger partial charge >= 0.3 is 12.1 Å². The lowest BCUT2D eigenvalue weighted by Gasteiger charge is -2.22. The van der Waals surface area contributed by atoms with E-state index in [9.17, 15) is 14.7 Å². The van der Waals surface area contributed by atoms with Crippen molar-refractivity contribution in [3.63, 3.8) is 0 Å². The molecule has 0 bridgehead atoms. The molecule has 0 radical (unpaired) electrons. The molecule has 212 valence electrons. The van der Waals surface area contributed by atoms with Gasteiger partial charge in [-0.3, -0.25) is 4.79 Å². The van der Waals surface area contributed by atoms with E-state index < -0.39 is 18.0 Å². The molecule has 1 fully saturated rings. The van der Waals surface area contributed by atoms with E-state index in [2.05, 4.69) is 4.98 Å². The van der Waals surface area contributed by atoms with E-state index >= 15 is 0 Å². The second-order valence-electron chi connectivity index (χ2n) is 10.1. The fraction of sp³-hybridized carbons (Fsp3) is 0.281. The zero-order valence-corrected chi connectivity index (χ0v) is 23.2. The van der Waals surface area contributed by atoms with E-state index in [1.807, 2.05) is 61.5 Å². The monoisotopic (exact) mass is 556 g/mol. The first-order valence-electron chi connectivity index (χ1n) is 13.4. The third kappa shape index (κ3) is 6.35. The second-order valence-corrected chi connectivity index (χ2v) is 10.1. The average molecular weight is 557 g/mol. The van der Waals surface area contributed by atoms with Crippen molar-refractivity contribution in [2.24, 2.45) is 11.8 Å². The highest BCUT2D eigenvalue weighted by atomic mass is 16.6. The third-order valence-electron chi connectivity index (χ3n) is 7.49. The Morgan fingerprint density at radius 2 is 1.73 bits per heavy atom. The Morgan fingerprint density at radius 1 is 1.00 bits per heavy atom. The molecular weight excluding hydrogens is 524 g/mol. The molecule has 1 aliphatic heterocycles. The summed E-state index contributed by atoms with van der Waals surface area (Å²) >= 11 is 0. The van der Waals surface area contributed by atoms with Crippen molar-refractivity contribution in [2.45, 2.75) is 26.4 Å². The molecule has 4 aromatic rings. The van der Waals surface area contributed by atoms with Crippen molar-refractivity contribution in [3.8, 4) is 28.7 Å². The van der Waals surface area contributed by atoms with Gasteiger partial charge in [0.15, 0.2) is 0 Å². The Hall–Kier alpha value is -4.79. The number of carbonyl (C=O) groups excluding carboxylic acids is 1. The number of hydrogen-bond acceptors (Lipinski definition) is 7. The summed E-state index contributed by atoms with van der Waals surface area (Å²) in [5.41, 5.74) is 2.47. The van der Waals surface area contributed by atoms with Crippen molar-refractivity contribution in [1.82, 2.24) is 9.88 Å². The smallest absolute Gasteiger partial charge is 0.415 e. The van der Waals surface area contributed by atoms with E-state index in [0.29, 0.717) is 41.1 Å². The molecule has 0 unspecified atom stereocenters. The number of amides is 1. The predicted octanol–water partition coefficient (Wildman–Crippen LogP) is 6.17. The minimum absolute atomic E-state index is 0.214. The second kappa shape index (κ2) is 12.2. The minimum atomic E-state index is -0.909. The summed E-state index contributed by atoms with van der Waals surface area (Å²) in [5.74, 6) is 0.766. The molecule has 1 amide bonds. The summed E-state index contributed by atoms with van der Waals surface area (Å²) in [5, 5.41) is 9.80. The number of benzene rings is 3. The lowest BCUT2D eigenvalue weighted by molar-refractivity contribution is -0.143. The van der Waals surface area contributed by atoms with Crippen molar-refractivity contribution >= 4 is 12.1 Å². The van der Waals surface area contributed by atoms with Crippen LogP contribution in [0.5, 0.6) is 17.2 Å². The summed E-state index contributed by atoms with van der Waals surface area (Å²) in [7, 11) is 1.56. The van der Waals surface area contributed by atoms with Gasteiger partial charge in [0.25, 0.3) is 0 Å². The van der Waals surface area contributed by atoms with Crippen LogP contribution < -0.4 is 14.2 Å². The summed E-state index contributed by atoms with van der Waals surface area (Å²) in [4.78, 5) is 31.2. The number of hydrogen-bond donors (Lipinski definition) is 1. The van der Waals surface area contributed by atoms with Crippen molar-refractivity contribution in [1.29, 1.82) is 0 Å². The molecule has 3 atom stereocenters. The van der Waals surface area contributed by atoms with Crippen LogP contribution in [-0.4, -0.2) is 47.3 Å². The molecule has 0 aliphatic carbocycles. The topological polar surface area (TPSA) is 111 Å². The van der Waals surface area contributed by atoms with Gasteiger partial charge in [0.05, 0.1) is 13.0 Å². The quantitative estimate of drug-likeness (QED) is 0.260. The minimum Gasteiger partial charge on any atom is -0.497 e. The van der Waals surface area contributed by atoms with Gasteiger partial charge in [-0.1, -0.05) is 37.3 Å². The number of carboxylic acid groups (broad SMARTS) is 1. The molecule has 1 aliphatic rings. The van der Waals surface area contributed by atoms with E-state index in [-0.39, 0.29) is 25.0 Å². The maximum atomic E-state index is 13.0. The van der Waals surface area contributed by atoms with Crippen molar-refractivity contribution in [2.75, 3.05) is 20.2 Å². The lowest BCUT2D eigenvalue weighted by atomic mass is 9.81. The number of nitrogens with zero attached hydrogens (tertiary/aromatic N) is 2. The highest BCUT2D eigenvalue weighted by Gasteiger charge is 2.42. The molecule has 1 saturated heterocycles. The molecule has 1 N–H and O–H groups in total. The number of carboxylic acids is 1. The standard InChI is InChI=1S/C32H32N2O7/c1-20(31(35)36)27-17-34(32(37)41-25-14-12-24(38-3)13-15-25)18-28(27)23-10-7-11-26(16-23)39-19-29-21(2)40-30(33-29)22-8-5-4-6-9-22/h4-16,20,27-28H,17-19H2,1-3H3,(H,35,36)/t20-,27-,28+/m1/s1. The van der Waals surface area contributed by atoms with Gasteiger partial charge in [0.1, 0.15) is 35.3 Å². The third-order valence-corrected chi connectivity index (χ3v) is 7.49. The number of carbonyl (C=O) groups is 2. The van der Waals surface area contributed by atoms with E-state index in [1.165, 1.54) is 0 Å². The largest absolute Gasteiger partial charge is 0.497 e. The highest BCUT2D eigenvalue weighted by Crippen LogP contribution is 2.39. The Labute approximate surface area is 238 Å². The van der Waals surface area contributed by atoms with Crippen LogP contribution in [0.3, 0.4) is 0 Å². The first-order valence-corrected chi connectivity index (χ1v) is 13.4. The van der Waals surface area contributed by atoms with Gasteiger partial charge in [0.2, 0.25) is 5.89 Å². The molecular formula is C32H32N2O7. The van der Waals surface area contributed by atoms with E-state index in [1.54, 1.807) is 43.2 Å². The molecule has 9 nitrogen and oxygen atoms in total. The maximum absolute atomic E-state index is 13.0. The predicted molar refractivity (Wildman–Crippen MR) is 151 cm³/mol. The molecule has 2 heterocycles. The van der Waals surface area contributed by atoms with Crippen LogP contribution in [0.4, 0.5) is 4.79 Å². The van der Waals surface area contributed by atoms with E-state index in [0.717, 1.165) is 11.1 Å². The number of aliphatic carboxylic acids is 1. The summed E-state index contributed by atoms with van der Waals surface area (Å²) in [6, 6.07) is 23.9. The molecule has 1 aromatic heterocycles. The van der Waals surface area contributed by atoms with Crippen LogP contribution in [0.15, 0.2) is 83.3 Å². The van der Waals surface area contributed by atoms with Crippen LogP contribution in [0.1, 0.15) is 29.9 Å². The van der Waals surface area contributed by atoms with Gasteiger partial charge in [-0.15, -0.1) is 0 Å². The lowest BCUT2D eigenvalue weighted by Crippen LogP contribution is -2.33. The molecule has 0 spiro atoms. The van der Waals surface area contributed by atoms with Crippen molar-refractivity contribution < 1.29 is 33.3 Å². The van der Waals surface area contributed by atoms with Crippen LogP contribution in [0.2, 0.25) is 0 Å². The number of aryl methyl sites for hydroxylation is 1. The van der Waals surface area contributed by atoms with Gasteiger partial charge < -0.3 is 28.6 Å². The molecule has 41 heavy (non-hydrogen) atoms. The number of likely N-dealkylation sites (tertiary alicyclic amines) is 1. The summed E-state index contributed by atoms with van der Waals surface area (Å²) < 4.78 is 22.6. The SMILES string of the molecule is COc1ccc(OC(=O)N2C[C@H]([C@@H](C)C(=O)O)[C@H](c3cccc(OCc4nc(-c5ccccc5)oc4C)c3)C2)cc1. The number of methoxy groups -OCH3 is 1. The molecule has 5 rings (SSSR count). The first-order chi connectivity index (χ1) is 19.8. The van der Waals surface area contributed by atoms with Crippen LogP contribution >= 0.6 is 0 Å². The fourth-order valence-corrected chi connectivity index (χ4v) is 5.08. The summed E-state index contributed by atoms with van der Waals surface area (Å²) in [6.07, 6.45) is -0.525. The number of ether oxygens (including phenoxy) is 3. The number of rotatable bonds is 9. The first kappa shape index (κ1) is 27.8. The Morgan fingerprint density at radius 3 is 2.44 bits per heavy atom. The normalized spacial score (nSPS) is 17.2.